The molecule has 94 valence electrons. The molecule has 0 aliphatic carbocycles. The van der Waals surface area contributed by atoms with Gasteiger partial charge in [0.1, 0.15) is 11.5 Å². The fourth-order valence-electron chi connectivity index (χ4n) is 2.03. The van der Waals surface area contributed by atoms with Crippen molar-refractivity contribution in [3.05, 3.63) is 58.7 Å². The molecule has 0 unspecified atom stereocenters. The van der Waals surface area contributed by atoms with Gasteiger partial charge in [-0.25, -0.2) is 0 Å². The molecule has 0 aliphatic rings. The minimum absolute atomic E-state index is 0.347. The van der Waals surface area contributed by atoms with Gasteiger partial charge in [0.15, 0.2) is 0 Å². The Bertz CT molecular complexity index is 508. The molecule has 0 amide bonds. The van der Waals surface area contributed by atoms with Crippen LogP contribution in [-0.2, 0) is 12.8 Å². The van der Waals surface area contributed by atoms with E-state index in [-0.39, 0.29) is 0 Å². The second kappa shape index (κ2) is 5.13. The summed E-state index contributed by atoms with van der Waals surface area (Å²) >= 11 is 0. The zero-order chi connectivity index (χ0) is 13.1. The first-order valence-electron chi connectivity index (χ1n) is 6.13. The molecule has 0 saturated heterocycles. The minimum atomic E-state index is 0.347. The van der Waals surface area contributed by atoms with Crippen LogP contribution in [0.4, 0.5) is 0 Å². The smallest absolute Gasteiger partial charge is 0.118 e. The highest BCUT2D eigenvalue weighted by Gasteiger charge is 2.01. The number of hydrogen-bond acceptors (Lipinski definition) is 2. The van der Waals surface area contributed by atoms with Crippen molar-refractivity contribution in [1.29, 1.82) is 0 Å². The lowest BCUT2D eigenvalue weighted by Gasteiger charge is -2.06. The molecule has 0 aliphatic heterocycles. The number of aromatic hydroxyl groups is 2. The first-order chi connectivity index (χ1) is 8.56. The Morgan fingerprint density at radius 3 is 1.44 bits per heavy atom. The molecular weight excluding hydrogens is 224 g/mol. The van der Waals surface area contributed by atoms with Gasteiger partial charge in [-0.15, -0.1) is 0 Å². The van der Waals surface area contributed by atoms with E-state index in [1.807, 2.05) is 38.1 Å². The van der Waals surface area contributed by atoms with E-state index in [2.05, 4.69) is 0 Å². The average Bonchev–Trinajstić information content (AvgIpc) is 2.35. The Morgan fingerprint density at radius 2 is 1.11 bits per heavy atom. The van der Waals surface area contributed by atoms with Gasteiger partial charge in [0, 0.05) is 0 Å². The lowest BCUT2D eigenvalue weighted by atomic mass is 10.0. The van der Waals surface area contributed by atoms with Crippen molar-refractivity contribution >= 4 is 0 Å². The summed E-state index contributed by atoms with van der Waals surface area (Å²) in [6, 6.07) is 11.4. The van der Waals surface area contributed by atoms with E-state index in [1.54, 1.807) is 12.1 Å². The van der Waals surface area contributed by atoms with E-state index in [1.165, 1.54) is 11.1 Å². The van der Waals surface area contributed by atoms with Gasteiger partial charge in [-0.3, -0.25) is 0 Å². The number of hydrogen-bond donors (Lipinski definition) is 2. The molecule has 2 N–H and O–H groups in total. The Morgan fingerprint density at radius 1 is 0.722 bits per heavy atom. The highest BCUT2D eigenvalue weighted by molar-refractivity contribution is 5.37. The SMILES string of the molecule is Cc1cc(CCc2ccc(O)c(C)c2)ccc1O. The summed E-state index contributed by atoms with van der Waals surface area (Å²) in [5.41, 5.74) is 4.26. The molecule has 2 nitrogen and oxygen atoms in total. The van der Waals surface area contributed by atoms with Crippen LogP contribution in [0.3, 0.4) is 0 Å². The van der Waals surface area contributed by atoms with E-state index >= 15 is 0 Å². The number of rotatable bonds is 3. The van der Waals surface area contributed by atoms with Gasteiger partial charge >= 0.3 is 0 Å². The molecular formula is C16H18O2. The number of phenolic OH excluding ortho intramolecular Hbond substituents is 2. The van der Waals surface area contributed by atoms with Crippen molar-refractivity contribution in [2.45, 2.75) is 26.7 Å². The maximum atomic E-state index is 9.47. The summed E-state index contributed by atoms with van der Waals surface area (Å²) in [5.74, 6) is 0.693. The van der Waals surface area contributed by atoms with E-state index in [4.69, 9.17) is 0 Å². The summed E-state index contributed by atoms with van der Waals surface area (Å²) in [6.45, 7) is 3.81. The molecule has 0 heterocycles. The summed E-state index contributed by atoms with van der Waals surface area (Å²) in [7, 11) is 0. The maximum absolute atomic E-state index is 9.47. The van der Waals surface area contributed by atoms with Crippen LogP contribution in [0.2, 0.25) is 0 Å². The van der Waals surface area contributed by atoms with Crippen LogP contribution in [0, 0.1) is 13.8 Å². The number of benzene rings is 2. The zero-order valence-corrected chi connectivity index (χ0v) is 10.8. The van der Waals surface area contributed by atoms with E-state index < -0.39 is 0 Å². The van der Waals surface area contributed by atoms with Crippen LogP contribution < -0.4 is 0 Å². The quantitative estimate of drug-likeness (QED) is 0.864. The molecule has 2 rings (SSSR count). The Labute approximate surface area is 108 Å². The second-order valence-electron chi connectivity index (χ2n) is 4.74. The minimum Gasteiger partial charge on any atom is -0.508 e. The molecule has 0 atom stereocenters. The fourth-order valence-corrected chi connectivity index (χ4v) is 2.03. The van der Waals surface area contributed by atoms with Crippen LogP contribution in [0.25, 0.3) is 0 Å². The van der Waals surface area contributed by atoms with Crippen molar-refractivity contribution in [2.75, 3.05) is 0 Å². The summed E-state index contributed by atoms with van der Waals surface area (Å²) in [6.07, 6.45) is 1.87. The maximum Gasteiger partial charge on any atom is 0.118 e. The first-order valence-corrected chi connectivity index (χ1v) is 6.13. The predicted octanol–water partition coefficient (Wildman–Crippen LogP) is 3.50. The lowest BCUT2D eigenvalue weighted by molar-refractivity contribution is 0.470. The molecule has 0 bridgehead atoms. The van der Waals surface area contributed by atoms with Crippen LogP contribution >= 0.6 is 0 Å². The van der Waals surface area contributed by atoms with Crippen molar-refractivity contribution in [3.8, 4) is 11.5 Å². The summed E-state index contributed by atoms with van der Waals surface area (Å²) < 4.78 is 0. The Hall–Kier alpha value is -1.96. The van der Waals surface area contributed by atoms with Gasteiger partial charge in [-0.1, -0.05) is 24.3 Å². The van der Waals surface area contributed by atoms with Gasteiger partial charge in [-0.2, -0.15) is 0 Å². The highest BCUT2D eigenvalue weighted by Crippen LogP contribution is 2.20. The van der Waals surface area contributed by atoms with Gasteiger partial charge < -0.3 is 10.2 Å². The molecule has 0 fully saturated rings. The van der Waals surface area contributed by atoms with Crippen molar-refractivity contribution in [3.63, 3.8) is 0 Å². The highest BCUT2D eigenvalue weighted by atomic mass is 16.3. The third kappa shape index (κ3) is 2.83. The van der Waals surface area contributed by atoms with Crippen LogP contribution in [-0.4, -0.2) is 10.2 Å². The third-order valence-electron chi connectivity index (χ3n) is 3.22. The van der Waals surface area contributed by atoms with E-state index in [0.717, 1.165) is 24.0 Å². The topological polar surface area (TPSA) is 40.5 Å². The average molecular weight is 242 g/mol. The largest absolute Gasteiger partial charge is 0.508 e. The normalized spacial score (nSPS) is 10.6. The molecule has 0 aromatic heterocycles. The second-order valence-corrected chi connectivity index (χ2v) is 4.74. The number of aryl methyl sites for hydroxylation is 4. The molecule has 0 radical (unpaired) electrons. The first kappa shape index (κ1) is 12.5. The van der Waals surface area contributed by atoms with Crippen LogP contribution in [0.15, 0.2) is 36.4 Å². The van der Waals surface area contributed by atoms with Gasteiger partial charge in [-0.05, 0) is 61.1 Å². The molecule has 2 aromatic rings. The summed E-state index contributed by atoms with van der Waals surface area (Å²) in [4.78, 5) is 0. The van der Waals surface area contributed by atoms with Crippen LogP contribution in [0.5, 0.6) is 11.5 Å². The Balaban J connectivity index is 2.06. The number of phenols is 2. The molecule has 18 heavy (non-hydrogen) atoms. The predicted molar refractivity (Wildman–Crippen MR) is 73.1 cm³/mol. The van der Waals surface area contributed by atoms with Gasteiger partial charge in [0.25, 0.3) is 0 Å². The molecule has 0 saturated carbocycles. The Kier molecular flexibility index (Phi) is 3.56. The van der Waals surface area contributed by atoms with Gasteiger partial charge in [0.2, 0.25) is 0 Å². The van der Waals surface area contributed by atoms with Crippen LogP contribution in [0.1, 0.15) is 22.3 Å². The summed E-state index contributed by atoms with van der Waals surface area (Å²) in [5, 5.41) is 18.9. The molecule has 0 spiro atoms. The molecule has 2 aromatic carbocycles. The van der Waals surface area contributed by atoms with E-state index in [0.29, 0.717) is 11.5 Å². The lowest BCUT2D eigenvalue weighted by Crippen LogP contribution is -1.92. The molecule has 2 heteroatoms. The zero-order valence-electron chi connectivity index (χ0n) is 10.8. The van der Waals surface area contributed by atoms with Crippen molar-refractivity contribution in [1.82, 2.24) is 0 Å². The monoisotopic (exact) mass is 242 g/mol. The van der Waals surface area contributed by atoms with Crippen molar-refractivity contribution in [2.24, 2.45) is 0 Å². The van der Waals surface area contributed by atoms with E-state index in [9.17, 15) is 10.2 Å². The third-order valence-corrected chi connectivity index (χ3v) is 3.22. The van der Waals surface area contributed by atoms with Gasteiger partial charge in [0.05, 0.1) is 0 Å². The standard InChI is InChI=1S/C16H18O2/c1-11-9-13(5-7-15(11)17)3-4-14-6-8-16(18)12(2)10-14/h5-10,17-18H,3-4H2,1-2H3. The van der Waals surface area contributed by atoms with Crippen molar-refractivity contribution < 1.29 is 10.2 Å². The fraction of sp³-hybridized carbons (Fsp3) is 0.250.